The fourth-order valence-corrected chi connectivity index (χ4v) is 3.06. The van der Waals surface area contributed by atoms with Gasteiger partial charge in [-0.25, -0.2) is 0 Å². The fourth-order valence-electron chi connectivity index (χ4n) is 3.06. The number of rotatable bonds is 8. The van der Waals surface area contributed by atoms with Gasteiger partial charge in [-0.1, -0.05) is 6.07 Å². The molecule has 1 heterocycles. The molecular weight excluding hydrogens is 370 g/mol. The fraction of sp³-hybridized carbons (Fsp3) is 0.364. The lowest BCUT2D eigenvalue weighted by atomic mass is 10.1. The quantitative estimate of drug-likeness (QED) is 0.715. The molecule has 0 aromatic heterocycles. The van der Waals surface area contributed by atoms with Crippen LogP contribution in [0.15, 0.2) is 48.5 Å². The van der Waals surface area contributed by atoms with Crippen molar-refractivity contribution in [1.29, 1.82) is 0 Å². The summed E-state index contributed by atoms with van der Waals surface area (Å²) in [5.41, 5.74) is 1.56. The predicted octanol–water partition coefficient (Wildman–Crippen LogP) is 2.40. The van der Waals surface area contributed by atoms with Gasteiger partial charge in [-0.3, -0.25) is 14.5 Å². The molecule has 1 fully saturated rings. The summed E-state index contributed by atoms with van der Waals surface area (Å²) in [6, 6.07) is 13.9. The number of benzene rings is 2. The molecular formula is C22H27N3O4. The van der Waals surface area contributed by atoms with Gasteiger partial charge in [0.15, 0.2) is 0 Å². The number of anilines is 1. The van der Waals surface area contributed by atoms with Gasteiger partial charge in [0.05, 0.1) is 19.8 Å². The summed E-state index contributed by atoms with van der Waals surface area (Å²) in [5, 5.41) is 5.75. The summed E-state index contributed by atoms with van der Waals surface area (Å²) < 4.78 is 10.7. The van der Waals surface area contributed by atoms with E-state index < -0.39 is 0 Å². The topological polar surface area (TPSA) is 79.9 Å². The number of morpholine rings is 1. The first-order valence-corrected chi connectivity index (χ1v) is 9.88. The van der Waals surface area contributed by atoms with Crippen molar-refractivity contribution >= 4 is 17.5 Å². The van der Waals surface area contributed by atoms with Crippen LogP contribution < -0.4 is 15.4 Å². The Kier molecular flexibility index (Phi) is 7.61. The van der Waals surface area contributed by atoms with Crippen LogP contribution in [0.5, 0.6) is 5.75 Å². The second-order valence-corrected chi connectivity index (χ2v) is 6.70. The summed E-state index contributed by atoms with van der Waals surface area (Å²) in [6.07, 6.45) is 0. The van der Waals surface area contributed by atoms with Crippen molar-refractivity contribution in [2.24, 2.45) is 0 Å². The van der Waals surface area contributed by atoms with E-state index in [1.807, 2.05) is 6.92 Å². The first-order chi connectivity index (χ1) is 14.2. The monoisotopic (exact) mass is 397 g/mol. The van der Waals surface area contributed by atoms with Gasteiger partial charge in [0.1, 0.15) is 5.75 Å². The van der Waals surface area contributed by atoms with Crippen LogP contribution in [-0.2, 0) is 4.74 Å². The van der Waals surface area contributed by atoms with Crippen LogP contribution in [0.25, 0.3) is 0 Å². The molecule has 2 aromatic carbocycles. The summed E-state index contributed by atoms with van der Waals surface area (Å²) in [5.74, 6) is 0.298. The van der Waals surface area contributed by atoms with E-state index in [4.69, 9.17) is 9.47 Å². The second kappa shape index (κ2) is 10.6. The van der Waals surface area contributed by atoms with E-state index in [1.54, 1.807) is 48.5 Å². The van der Waals surface area contributed by atoms with Gasteiger partial charge < -0.3 is 20.1 Å². The molecule has 1 aliphatic rings. The third-order valence-corrected chi connectivity index (χ3v) is 4.63. The maximum Gasteiger partial charge on any atom is 0.255 e. The highest BCUT2D eigenvalue weighted by atomic mass is 16.5. The minimum absolute atomic E-state index is 0.186. The molecule has 1 aliphatic heterocycles. The first-order valence-electron chi connectivity index (χ1n) is 9.88. The highest BCUT2D eigenvalue weighted by molar-refractivity contribution is 6.06. The minimum atomic E-state index is -0.267. The molecule has 2 aromatic rings. The number of amides is 2. The number of ether oxygens (including phenoxy) is 2. The number of nitrogens with zero attached hydrogens (tertiary/aromatic N) is 1. The predicted molar refractivity (Wildman–Crippen MR) is 112 cm³/mol. The average Bonchev–Trinajstić information content (AvgIpc) is 2.76. The van der Waals surface area contributed by atoms with Gasteiger partial charge in [-0.15, -0.1) is 0 Å². The van der Waals surface area contributed by atoms with Crippen molar-refractivity contribution in [2.45, 2.75) is 6.92 Å². The van der Waals surface area contributed by atoms with Crippen LogP contribution in [0.1, 0.15) is 27.6 Å². The Morgan fingerprint density at radius 2 is 1.72 bits per heavy atom. The Hall–Kier alpha value is -2.90. The minimum Gasteiger partial charge on any atom is -0.494 e. The van der Waals surface area contributed by atoms with E-state index in [-0.39, 0.29) is 11.8 Å². The smallest absolute Gasteiger partial charge is 0.255 e. The van der Waals surface area contributed by atoms with Crippen LogP contribution in [0.4, 0.5) is 5.69 Å². The zero-order chi connectivity index (χ0) is 20.5. The molecule has 3 rings (SSSR count). The summed E-state index contributed by atoms with van der Waals surface area (Å²) in [6.45, 7) is 7.09. The van der Waals surface area contributed by atoms with Gasteiger partial charge in [-0.2, -0.15) is 0 Å². The number of hydrogen-bond acceptors (Lipinski definition) is 5. The normalized spacial score (nSPS) is 14.2. The molecule has 29 heavy (non-hydrogen) atoms. The van der Waals surface area contributed by atoms with Crippen LogP contribution in [0.2, 0.25) is 0 Å². The van der Waals surface area contributed by atoms with Crippen molar-refractivity contribution in [3.8, 4) is 5.75 Å². The van der Waals surface area contributed by atoms with Gasteiger partial charge in [0, 0.05) is 43.0 Å². The van der Waals surface area contributed by atoms with Crippen molar-refractivity contribution in [2.75, 3.05) is 51.3 Å². The van der Waals surface area contributed by atoms with Crippen LogP contribution in [0, 0.1) is 0 Å². The summed E-state index contributed by atoms with van der Waals surface area (Å²) >= 11 is 0. The van der Waals surface area contributed by atoms with E-state index >= 15 is 0 Å². The van der Waals surface area contributed by atoms with Crippen LogP contribution >= 0.6 is 0 Å². The van der Waals surface area contributed by atoms with Gasteiger partial charge >= 0.3 is 0 Å². The van der Waals surface area contributed by atoms with Crippen molar-refractivity contribution < 1.29 is 19.1 Å². The third-order valence-electron chi connectivity index (χ3n) is 4.63. The van der Waals surface area contributed by atoms with Crippen molar-refractivity contribution in [3.05, 3.63) is 59.7 Å². The van der Waals surface area contributed by atoms with Crippen LogP contribution in [0.3, 0.4) is 0 Å². The number of carbonyl (C=O) groups is 2. The lowest BCUT2D eigenvalue weighted by molar-refractivity contribution is 0.0383. The molecule has 0 bridgehead atoms. The highest BCUT2D eigenvalue weighted by Gasteiger charge is 2.13. The standard InChI is InChI=1S/C22H27N3O4/c1-2-29-20-8-6-19(7-9-20)24-22(27)18-5-3-4-17(16-18)21(26)23-10-11-25-12-14-28-15-13-25/h3-9,16H,2,10-15H2,1H3,(H,23,26)(H,24,27). The third kappa shape index (κ3) is 6.30. The number of carbonyl (C=O) groups excluding carboxylic acids is 2. The molecule has 2 N–H and O–H groups in total. The molecule has 0 unspecified atom stereocenters. The van der Waals surface area contributed by atoms with E-state index in [0.717, 1.165) is 38.6 Å². The molecule has 154 valence electrons. The lowest BCUT2D eigenvalue weighted by Crippen LogP contribution is -2.41. The summed E-state index contributed by atoms with van der Waals surface area (Å²) in [4.78, 5) is 27.2. The molecule has 7 heteroatoms. The highest BCUT2D eigenvalue weighted by Crippen LogP contribution is 2.17. The van der Waals surface area contributed by atoms with Crippen molar-refractivity contribution in [3.63, 3.8) is 0 Å². The number of hydrogen-bond donors (Lipinski definition) is 2. The second-order valence-electron chi connectivity index (χ2n) is 6.70. The van der Waals surface area contributed by atoms with Crippen molar-refractivity contribution in [1.82, 2.24) is 10.2 Å². The molecule has 0 atom stereocenters. The molecule has 0 saturated carbocycles. The van der Waals surface area contributed by atoms with Gasteiger partial charge in [0.2, 0.25) is 0 Å². The molecule has 1 saturated heterocycles. The summed E-state index contributed by atoms with van der Waals surface area (Å²) in [7, 11) is 0. The Bertz CT molecular complexity index is 817. The average molecular weight is 397 g/mol. The van der Waals surface area contributed by atoms with Gasteiger partial charge in [0.25, 0.3) is 11.8 Å². The largest absolute Gasteiger partial charge is 0.494 e. The molecule has 0 spiro atoms. The number of nitrogens with one attached hydrogen (secondary N) is 2. The molecule has 0 radical (unpaired) electrons. The molecule has 0 aliphatic carbocycles. The van der Waals surface area contributed by atoms with Gasteiger partial charge in [-0.05, 0) is 49.4 Å². The van der Waals surface area contributed by atoms with E-state index in [2.05, 4.69) is 15.5 Å². The Labute approximate surface area is 171 Å². The Morgan fingerprint density at radius 3 is 2.41 bits per heavy atom. The zero-order valence-electron chi connectivity index (χ0n) is 16.6. The SMILES string of the molecule is CCOc1ccc(NC(=O)c2cccc(C(=O)NCCN3CCOCC3)c2)cc1. The van der Waals surface area contributed by atoms with Crippen LogP contribution in [-0.4, -0.2) is 62.7 Å². The zero-order valence-corrected chi connectivity index (χ0v) is 16.6. The first kappa shape index (κ1) is 20.8. The maximum absolute atomic E-state index is 12.5. The molecule has 7 nitrogen and oxygen atoms in total. The van der Waals surface area contributed by atoms with E-state index in [0.29, 0.717) is 30.0 Å². The van der Waals surface area contributed by atoms with E-state index in [9.17, 15) is 9.59 Å². The lowest BCUT2D eigenvalue weighted by Gasteiger charge is -2.26. The Balaban J connectivity index is 1.53. The maximum atomic E-state index is 12.5. The Morgan fingerprint density at radius 1 is 1.03 bits per heavy atom. The molecule has 2 amide bonds. The van der Waals surface area contributed by atoms with E-state index in [1.165, 1.54) is 0 Å².